The molecular weight excluding hydrogens is 434 g/mol. The van der Waals surface area contributed by atoms with E-state index in [2.05, 4.69) is 10.00 Å². The number of aryl methyl sites for hydroxylation is 1. The molecule has 4 rings (SSSR count). The first-order valence-electron chi connectivity index (χ1n) is 11.5. The Kier molecular flexibility index (Phi) is 8.05. The third-order valence-corrected chi connectivity index (χ3v) is 5.71. The lowest BCUT2D eigenvalue weighted by Gasteiger charge is -2.30. The summed E-state index contributed by atoms with van der Waals surface area (Å²) in [6.07, 6.45) is 3.65. The van der Waals surface area contributed by atoms with Crippen LogP contribution in [-0.2, 0) is 17.8 Å². The summed E-state index contributed by atoms with van der Waals surface area (Å²) in [7, 11) is 1.64. The highest BCUT2D eigenvalue weighted by Gasteiger charge is 2.33. The van der Waals surface area contributed by atoms with Crippen molar-refractivity contribution in [1.29, 1.82) is 0 Å². The minimum Gasteiger partial charge on any atom is -0.493 e. The Labute approximate surface area is 200 Å². The van der Waals surface area contributed by atoms with Crippen LogP contribution in [-0.4, -0.2) is 72.0 Å². The maximum absolute atomic E-state index is 11.2. The van der Waals surface area contributed by atoms with E-state index in [4.69, 9.17) is 18.9 Å². The second kappa shape index (κ2) is 11.4. The number of nitrogens with zero attached hydrogens (tertiary/aromatic N) is 3. The summed E-state index contributed by atoms with van der Waals surface area (Å²) < 4.78 is 24.9. The van der Waals surface area contributed by atoms with Gasteiger partial charge in [-0.3, -0.25) is 9.58 Å². The topological polar surface area (TPSA) is 78.2 Å². The van der Waals surface area contributed by atoms with E-state index in [9.17, 15) is 5.11 Å². The zero-order chi connectivity index (χ0) is 23.8. The molecule has 1 fully saturated rings. The van der Waals surface area contributed by atoms with E-state index >= 15 is 0 Å². The molecule has 34 heavy (non-hydrogen) atoms. The molecule has 0 amide bonds. The van der Waals surface area contributed by atoms with Gasteiger partial charge < -0.3 is 24.1 Å². The van der Waals surface area contributed by atoms with Gasteiger partial charge in [-0.15, -0.1) is 0 Å². The van der Waals surface area contributed by atoms with Crippen LogP contribution in [0.1, 0.15) is 11.1 Å². The van der Waals surface area contributed by atoms with Gasteiger partial charge in [-0.2, -0.15) is 5.10 Å². The second-order valence-corrected chi connectivity index (χ2v) is 8.70. The number of methoxy groups -OCH3 is 1. The summed E-state index contributed by atoms with van der Waals surface area (Å²) in [5, 5.41) is 15.4. The molecule has 0 spiro atoms. The molecule has 1 saturated heterocycles. The molecular formula is C26H33N3O5. The van der Waals surface area contributed by atoms with Crippen LogP contribution in [0.2, 0.25) is 0 Å². The van der Waals surface area contributed by atoms with Crippen molar-refractivity contribution in [3.8, 4) is 17.2 Å². The van der Waals surface area contributed by atoms with Crippen LogP contribution in [0.15, 0.2) is 60.9 Å². The molecule has 0 radical (unpaired) electrons. The van der Waals surface area contributed by atoms with E-state index in [0.717, 1.165) is 23.4 Å². The number of hydrogen-bond acceptors (Lipinski definition) is 7. The Balaban J connectivity index is 1.35. The molecule has 1 atom stereocenters. The quantitative estimate of drug-likeness (QED) is 0.491. The fraction of sp³-hybridized carbons (Fsp3) is 0.423. The number of ether oxygens (including phenoxy) is 4. The molecule has 2 heterocycles. The van der Waals surface area contributed by atoms with Gasteiger partial charge in [-0.05, 0) is 48.4 Å². The number of rotatable bonds is 10. The molecule has 1 aliphatic rings. The SMILES string of the molecule is COc1cc(CN2CCOC[C@@](O)(COc3cccc(C)c3)C2)ccc1OCCn1cccn1. The molecule has 1 aromatic heterocycles. The molecule has 1 aliphatic heterocycles. The van der Waals surface area contributed by atoms with Crippen molar-refractivity contribution in [3.05, 3.63) is 72.1 Å². The Bertz CT molecular complexity index is 1040. The van der Waals surface area contributed by atoms with E-state index in [1.807, 2.05) is 66.3 Å². The van der Waals surface area contributed by atoms with Crippen molar-refractivity contribution in [2.75, 3.05) is 46.6 Å². The number of aliphatic hydroxyl groups is 1. The van der Waals surface area contributed by atoms with Crippen molar-refractivity contribution in [2.24, 2.45) is 0 Å². The van der Waals surface area contributed by atoms with Crippen LogP contribution in [0.3, 0.4) is 0 Å². The smallest absolute Gasteiger partial charge is 0.161 e. The maximum Gasteiger partial charge on any atom is 0.161 e. The highest BCUT2D eigenvalue weighted by atomic mass is 16.5. The fourth-order valence-corrected chi connectivity index (χ4v) is 4.01. The minimum absolute atomic E-state index is 0.166. The molecule has 1 N–H and O–H groups in total. The number of aromatic nitrogens is 2. The second-order valence-electron chi connectivity index (χ2n) is 8.70. The molecule has 182 valence electrons. The molecule has 8 heteroatoms. The molecule has 3 aromatic rings. The van der Waals surface area contributed by atoms with Crippen LogP contribution >= 0.6 is 0 Å². The standard InChI is InChI=1S/C26H33N3O5/c1-21-5-3-6-23(15-21)34-20-26(30)18-28(11-13-32-19-26)17-22-7-8-24(25(16-22)31-2)33-14-12-29-10-4-9-27-29/h3-10,15-16,30H,11-14,17-20H2,1-2H3/t26-/m1/s1. The molecule has 2 aromatic carbocycles. The van der Waals surface area contributed by atoms with Crippen molar-refractivity contribution in [1.82, 2.24) is 14.7 Å². The lowest BCUT2D eigenvalue weighted by Crippen LogP contribution is -2.48. The monoisotopic (exact) mass is 467 g/mol. The summed E-state index contributed by atoms with van der Waals surface area (Å²) >= 11 is 0. The van der Waals surface area contributed by atoms with Gasteiger partial charge in [0.1, 0.15) is 24.6 Å². The lowest BCUT2D eigenvalue weighted by atomic mass is 10.1. The first-order valence-corrected chi connectivity index (χ1v) is 11.5. The summed E-state index contributed by atoms with van der Waals surface area (Å²) in [5.74, 6) is 2.12. The Morgan fingerprint density at radius 1 is 1.12 bits per heavy atom. The molecule has 8 nitrogen and oxygen atoms in total. The average molecular weight is 468 g/mol. The van der Waals surface area contributed by atoms with Gasteiger partial charge in [0.25, 0.3) is 0 Å². The zero-order valence-corrected chi connectivity index (χ0v) is 19.9. The molecule has 0 saturated carbocycles. The predicted octanol–water partition coefficient (Wildman–Crippen LogP) is 2.92. The van der Waals surface area contributed by atoms with Crippen molar-refractivity contribution < 1.29 is 24.1 Å². The predicted molar refractivity (Wildman–Crippen MR) is 128 cm³/mol. The summed E-state index contributed by atoms with van der Waals surface area (Å²) in [4.78, 5) is 2.18. The van der Waals surface area contributed by atoms with Crippen LogP contribution in [0, 0.1) is 6.92 Å². The molecule has 0 unspecified atom stereocenters. The molecule has 0 aliphatic carbocycles. The Morgan fingerprint density at radius 3 is 2.82 bits per heavy atom. The third kappa shape index (κ3) is 6.72. The van der Waals surface area contributed by atoms with Crippen LogP contribution in [0.5, 0.6) is 17.2 Å². The highest BCUT2D eigenvalue weighted by Crippen LogP contribution is 2.29. The van der Waals surface area contributed by atoms with E-state index in [-0.39, 0.29) is 13.2 Å². The summed E-state index contributed by atoms with van der Waals surface area (Å²) in [6.45, 7) is 5.95. The summed E-state index contributed by atoms with van der Waals surface area (Å²) in [5.41, 5.74) is 1.09. The van der Waals surface area contributed by atoms with Gasteiger partial charge in [-0.25, -0.2) is 0 Å². The normalized spacial score (nSPS) is 18.9. The van der Waals surface area contributed by atoms with E-state index in [0.29, 0.717) is 44.3 Å². The van der Waals surface area contributed by atoms with Gasteiger partial charge in [0.2, 0.25) is 0 Å². The first-order chi connectivity index (χ1) is 16.5. The van der Waals surface area contributed by atoms with E-state index in [1.54, 1.807) is 13.3 Å². The number of β-amino-alcohol motifs (C(OH)–C–C–N with tert-alkyl or cyclic N) is 1. The number of benzene rings is 2. The highest BCUT2D eigenvalue weighted by molar-refractivity contribution is 5.43. The lowest BCUT2D eigenvalue weighted by molar-refractivity contribution is -0.0646. The minimum atomic E-state index is -1.10. The largest absolute Gasteiger partial charge is 0.493 e. The van der Waals surface area contributed by atoms with Gasteiger partial charge >= 0.3 is 0 Å². The Hall–Kier alpha value is -3.07. The fourth-order valence-electron chi connectivity index (χ4n) is 4.01. The third-order valence-electron chi connectivity index (χ3n) is 5.71. The van der Waals surface area contributed by atoms with Gasteiger partial charge in [0.05, 0.1) is 26.9 Å². The van der Waals surface area contributed by atoms with Gasteiger partial charge in [0, 0.05) is 32.0 Å². The van der Waals surface area contributed by atoms with Crippen LogP contribution < -0.4 is 14.2 Å². The number of hydrogen-bond donors (Lipinski definition) is 1. The van der Waals surface area contributed by atoms with E-state index in [1.165, 1.54) is 0 Å². The van der Waals surface area contributed by atoms with Crippen molar-refractivity contribution in [2.45, 2.75) is 25.6 Å². The van der Waals surface area contributed by atoms with Gasteiger partial charge in [0.15, 0.2) is 11.5 Å². The first kappa shape index (κ1) is 24.1. The zero-order valence-electron chi connectivity index (χ0n) is 19.9. The Morgan fingerprint density at radius 2 is 2.03 bits per heavy atom. The maximum atomic E-state index is 11.2. The van der Waals surface area contributed by atoms with Crippen molar-refractivity contribution in [3.63, 3.8) is 0 Å². The summed E-state index contributed by atoms with van der Waals surface area (Å²) in [6, 6.07) is 15.7. The van der Waals surface area contributed by atoms with Crippen molar-refractivity contribution >= 4 is 0 Å². The molecule has 0 bridgehead atoms. The van der Waals surface area contributed by atoms with E-state index < -0.39 is 5.60 Å². The van der Waals surface area contributed by atoms with Crippen LogP contribution in [0.25, 0.3) is 0 Å². The van der Waals surface area contributed by atoms with Crippen LogP contribution in [0.4, 0.5) is 0 Å². The van der Waals surface area contributed by atoms with Gasteiger partial charge in [-0.1, -0.05) is 18.2 Å². The average Bonchev–Trinajstić information content (AvgIpc) is 3.28.